The molecule has 0 radical (unpaired) electrons. The van der Waals surface area contributed by atoms with Crippen molar-refractivity contribution in [3.8, 4) is 0 Å². The summed E-state index contributed by atoms with van der Waals surface area (Å²) in [6.07, 6.45) is 5.54. The Hall–Kier alpha value is -1.49. The Balaban J connectivity index is 2.07. The average molecular weight is 293 g/mol. The Bertz CT molecular complexity index is 532. The van der Waals surface area contributed by atoms with E-state index in [0.29, 0.717) is 12.1 Å². The monoisotopic (exact) mass is 293 g/mol. The molecule has 4 nitrogen and oxygen atoms in total. The number of carbonyl (C=O) groups excluding carboxylic acids is 1. The zero-order chi connectivity index (χ0) is 14.8. The third-order valence-electron chi connectivity index (χ3n) is 3.86. The summed E-state index contributed by atoms with van der Waals surface area (Å²) in [5, 5.41) is 12.0. The molecule has 0 atom stereocenters. The Kier molecular flexibility index (Phi) is 4.38. The third kappa shape index (κ3) is 3.15. The van der Waals surface area contributed by atoms with Crippen molar-refractivity contribution in [3.05, 3.63) is 34.9 Å². The van der Waals surface area contributed by atoms with E-state index in [1.54, 1.807) is 30.8 Å². The molecule has 1 aromatic rings. The average Bonchev–Trinajstić information content (AvgIpc) is 2.37. The van der Waals surface area contributed by atoms with Gasteiger partial charge in [0.1, 0.15) is 0 Å². The normalized spacial score (nSPS) is 16.3. The molecule has 1 aliphatic rings. The number of hydrogen-bond acceptors (Lipinski definition) is 3. The number of carbonyl (C=O) groups is 2. The molecule has 2 rings (SSSR count). The van der Waals surface area contributed by atoms with Crippen molar-refractivity contribution < 1.29 is 14.7 Å². The number of carboxylic acid groups (broad SMARTS) is 1. The maximum atomic E-state index is 12.2. The van der Waals surface area contributed by atoms with Crippen LogP contribution in [0.25, 0.3) is 0 Å². The predicted octanol–water partition coefficient (Wildman–Crippen LogP) is 2.71. The molecular weight excluding hydrogens is 274 g/mol. The van der Waals surface area contributed by atoms with Crippen LogP contribution in [0.1, 0.15) is 45.5 Å². The second-order valence-corrected chi connectivity index (χ2v) is 6.59. The maximum absolute atomic E-state index is 12.2. The van der Waals surface area contributed by atoms with E-state index < -0.39 is 5.97 Å². The molecule has 0 saturated heterocycles. The lowest BCUT2D eigenvalue weighted by molar-refractivity contribution is 0.0696. The number of thioether (sulfide) groups is 1. The van der Waals surface area contributed by atoms with Crippen LogP contribution in [0, 0.1) is 6.92 Å². The fraction of sp³-hybridized carbons (Fsp3) is 0.467. The van der Waals surface area contributed by atoms with Crippen molar-refractivity contribution in [1.82, 2.24) is 5.32 Å². The van der Waals surface area contributed by atoms with Crippen LogP contribution in [0.15, 0.2) is 18.2 Å². The standard InChI is InChI=1S/C15H19NO3S/c1-10-6-11(8-12(7-10)14(18)19)13(17)16-9-15(20-2)4-3-5-15/h6-8H,3-5,9H2,1-2H3,(H,16,17)(H,18,19). The van der Waals surface area contributed by atoms with Gasteiger partial charge in [-0.1, -0.05) is 6.42 Å². The Labute approximate surface area is 123 Å². The summed E-state index contributed by atoms with van der Waals surface area (Å²) < 4.78 is 0.176. The smallest absolute Gasteiger partial charge is 0.335 e. The first-order valence-corrected chi connectivity index (χ1v) is 7.87. The molecule has 0 spiro atoms. The molecule has 0 unspecified atom stereocenters. The van der Waals surface area contributed by atoms with Crippen molar-refractivity contribution in [3.63, 3.8) is 0 Å². The lowest BCUT2D eigenvalue weighted by Gasteiger charge is -2.40. The van der Waals surface area contributed by atoms with Gasteiger partial charge in [0.2, 0.25) is 0 Å². The number of amides is 1. The fourth-order valence-corrected chi connectivity index (χ4v) is 3.32. The Morgan fingerprint density at radius 2 is 1.95 bits per heavy atom. The molecule has 0 bridgehead atoms. The van der Waals surface area contributed by atoms with Crippen LogP contribution in [0.4, 0.5) is 0 Å². The molecule has 0 aliphatic heterocycles. The van der Waals surface area contributed by atoms with Gasteiger partial charge < -0.3 is 10.4 Å². The maximum Gasteiger partial charge on any atom is 0.335 e. The minimum atomic E-state index is -1.01. The van der Waals surface area contributed by atoms with Gasteiger partial charge in [-0.15, -0.1) is 0 Å². The summed E-state index contributed by atoms with van der Waals surface area (Å²) in [5.41, 5.74) is 1.34. The second kappa shape index (κ2) is 5.87. The van der Waals surface area contributed by atoms with Crippen LogP contribution in [0.2, 0.25) is 0 Å². The van der Waals surface area contributed by atoms with E-state index in [2.05, 4.69) is 11.6 Å². The highest BCUT2D eigenvalue weighted by molar-refractivity contribution is 8.00. The van der Waals surface area contributed by atoms with E-state index >= 15 is 0 Å². The minimum absolute atomic E-state index is 0.151. The van der Waals surface area contributed by atoms with E-state index in [-0.39, 0.29) is 16.2 Å². The van der Waals surface area contributed by atoms with Crippen molar-refractivity contribution in [2.75, 3.05) is 12.8 Å². The molecule has 5 heteroatoms. The number of benzene rings is 1. The van der Waals surface area contributed by atoms with Gasteiger partial charge in [-0.05, 0) is 49.8 Å². The minimum Gasteiger partial charge on any atom is -0.478 e. The van der Waals surface area contributed by atoms with Crippen molar-refractivity contribution in [2.45, 2.75) is 30.9 Å². The predicted molar refractivity (Wildman–Crippen MR) is 80.6 cm³/mol. The molecule has 1 saturated carbocycles. The van der Waals surface area contributed by atoms with Crippen LogP contribution in [0.5, 0.6) is 0 Å². The summed E-state index contributed by atoms with van der Waals surface area (Å²) in [7, 11) is 0. The summed E-state index contributed by atoms with van der Waals surface area (Å²) in [5.74, 6) is -1.21. The first-order valence-electron chi connectivity index (χ1n) is 6.64. The van der Waals surface area contributed by atoms with Gasteiger partial charge in [0.15, 0.2) is 0 Å². The van der Waals surface area contributed by atoms with Crippen LogP contribution in [0.3, 0.4) is 0 Å². The summed E-state index contributed by atoms with van der Waals surface area (Å²) >= 11 is 1.80. The van der Waals surface area contributed by atoms with E-state index in [1.165, 1.54) is 12.5 Å². The largest absolute Gasteiger partial charge is 0.478 e. The topological polar surface area (TPSA) is 66.4 Å². The van der Waals surface area contributed by atoms with Crippen molar-refractivity contribution >= 4 is 23.6 Å². The number of hydrogen-bond donors (Lipinski definition) is 2. The van der Waals surface area contributed by atoms with Gasteiger partial charge in [-0.25, -0.2) is 4.79 Å². The number of rotatable bonds is 5. The van der Waals surface area contributed by atoms with E-state index in [9.17, 15) is 9.59 Å². The number of aromatic carboxylic acids is 1. The number of aryl methyl sites for hydroxylation is 1. The molecule has 1 fully saturated rings. The zero-order valence-corrected chi connectivity index (χ0v) is 12.5. The molecule has 1 aromatic carbocycles. The van der Waals surface area contributed by atoms with E-state index in [0.717, 1.165) is 18.4 Å². The van der Waals surface area contributed by atoms with Gasteiger partial charge in [0.25, 0.3) is 5.91 Å². The molecule has 0 aromatic heterocycles. The molecule has 1 amide bonds. The molecule has 108 valence electrons. The Morgan fingerprint density at radius 3 is 2.45 bits per heavy atom. The molecular formula is C15H19NO3S. The Morgan fingerprint density at radius 1 is 1.30 bits per heavy atom. The van der Waals surface area contributed by atoms with Crippen LogP contribution < -0.4 is 5.32 Å². The second-order valence-electron chi connectivity index (χ2n) is 5.32. The highest BCUT2D eigenvalue weighted by Crippen LogP contribution is 2.42. The van der Waals surface area contributed by atoms with Crippen LogP contribution in [-0.2, 0) is 0 Å². The van der Waals surface area contributed by atoms with Gasteiger partial charge in [-0.3, -0.25) is 4.79 Å². The zero-order valence-electron chi connectivity index (χ0n) is 11.7. The molecule has 20 heavy (non-hydrogen) atoms. The van der Waals surface area contributed by atoms with Crippen LogP contribution >= 0.6 is 11.8 Å². The number of nitrogens with one attached hydrogen (secondary N) is 1. The van der Waals surface area contributed by atoms with Crippen molar-refractivity contribution in [2.24, 2.45) is 0 Å². The molecule has 0 heterocycles. The number of carboxylic acids is 1. The summed E-state index contributed by atoms with van der Waals surface area (Å²) in [6, 6.07) is 4.71. The van der Waals surface area contributed by atoms with Crippen LogP contribution in [-0.4, -0.2) is 34.5 Å². The van der Waals surface area contributed by atoms with E-state index in [4.69, 9.17) is 5.11 Å². The summed E-state index contributed by atoms with van der Waals surface area (Å²) in [4.78, 5) is 23.2. The van der Waals surface area contributed by atoms with Gasteiger partial charge in [0.05, 0.1) is 5.56 Å². The van der Waals surface area contributed by atoms with Gasteiger partial charge in [0, 0.05) is 16.9 Å². The first kappa shape index (κ1) is 14.9. The summed E-state index contributed by atoms with van der Waals surface area (Å²) in [6.45, 7) is 2.43. The molecule has 1 aliphatic carbocycles. The third-order valence-corrected chi connectivity index (χ3v) is 5.27. The van der Waals surface area contributed by atoms with Crippen molar-refractivity contribution in [1.29, 1.82) is 0 Å². The highest BCUT2D eigenvalue weighted by atomic mass is 32.2. The quantitative estimate of drug-likeness (QED) is 0.876. The lowest BCUT2D eigenvalue weighted by Crippen LogP contribution is -2.45. The fourth-order valence-electron chi connectivity index (χ4n) is 2.41. The highest BCUT2D eigenvalue weighted by Gasteiger charge is 2.36. The van der Waals surface area contributed by atoms with Gasteiger partial charge >= 0.3 is 5.97 Å². The van der Waals surface area contributed by atoms with Gasteiger partial charge in [-0.2, -0.15) is 11.8 Å². The molecule has 2 N–H and O–H groups in total. The SMILES string of the molecule is CSC1(CNC(=O)c2cc(C)cc(C(=O)O)c2)CCC1. The van der Waals surface area contributed by atoms with E-state index in [1.807, 2.05) is 0 Å². The lowest BCUT2D eigenvalue weighted by atomic mass is 9.84. The first-order chi connectivity index (χ1) is 9.46.